The van der Waals surface area contributed by atoms with E-state index in [0.717, 1.165) is 56.1 Å². The molecule has 1 aliphatic heterocycles. The van der Waals surface area contributed by atoms with E-state index in [1.54, 1.807) is 14.2 Å². The molecule has 0 bridgehead atoms. The largest absolute Gasteiger partial charge is 0.483 e. The summed E-state index contributed by atoms with van der Waals surface area (Å²) in [6.45, 7) is 4.79. The van der Waals surface area contributed by atoms with Crippen molar-refractivity contribution < 1.29 is 23.1 Å². The van der Waals surface area contributed by atoms with Crippen molar-refractivity contribution in [3.05, 3.63) is 71.8 Å². The van der Waals surface area contributed by atoms with Gasteiger partial charge in [-0.2, -0.15) is 0 Å². The van der Waals surface area contributed by atoms with Gasteiger partial charge in [0.2, 0.25) is 11.8 Å². The maximum atomic E-state index is 13.6. The van der Waals surface area contributed by atoms with Gasteiger partial charge in [-0.3, -0.25) is 4.57 Å². The summed E-state index contributed by atoms with van der Waals surface area (Å²) in [6.07, 6.45) is 7.45. The predicted molar refractivity (Wildman–Crippen MR) is 159 cm³/mol. The van der Waals surface area contributed by atoms with Crippen LogP contribution in [0.4, 0.5) is 0 Å². The minimum Gasteiger partial charge on any atom is -0.483 e. The number of benzene rings is 2. The Labute approximate surface area is 234 Å². The van der Waals surface area contributed by atoms with Crippen LogP contribution in [0.25, 0.3) is 0 Å². The Hall–Kier alpha value is -2.47. The van der Waals surface area contributed by atoms with Crippen LogP contribution in [0.1, 0.15) is 69.9 Å². The minimum atomic E-state index is -3.22. The van der Waals surface area contributed by atoms with Crippen molar-refractivity contribution in [1.82, 2.24) is 0 Å². The van der Waals surface area contributed by atoms with Gasteiger partial charge in [-0.25, -0.2) is 9.98 Å². The van der Waals surface area contributed by atoms with Crippen LogP contribution in [0.3, 0.4) is 0 Å². The monoisotopic (exact) mass is 556 g/mol. The van der Waals surface area contributed by atoms with Gasteiger partial charge in [0, 0.05) is 0 Å². The van der Waals surface area contributed by atoms with Gasteiger partial charge in [0.15, 0.2) is 0 Å². The average molecular weight is 557 g/mol. The summed E-state index contributed by atoms with van der Waals surface area (Å²) in [6, 6.07) is 19.5. The fourth-order valence-corrected chi connectivity index (χ4v) is 6.19. The van der Waals surface area contributed by atoms with Gasteiger partial charge in [-0.15, -0.1) is 0 Å². The zero-order valence-corrected chi connectivity index (χ0v) is 24.9. The Balaban J connectivity index is 1.39. The summed E-state index contributed by atoms with van der Waals surface area (Å²) in [5.41, 5.74) is 1.98. The van der Waals surface area contributed by atoms with E-state index in [4.69, 9.17) is 28.5 Å². The van der Waals surface area contributed by atoms with Crippen molar-refractivity contribution in [2.75, 3.05) is 20.4 Å². The number of unbranched alkanes of at least 4 members (excludes halogenated alkanes) is 5. The van der Waals surface area contributed by atoms with Crippen molar-refractivity contribution in [2.24, 2.45) is 15.9 Å². The molecular formula is C31H45N2O5P. The van der Waals surface area contributed by atoms with Crippen molar-refractivity contribution in [3.8, 4) is 0 Å². The molecule has 214 valence electrons. The van der Waals surface area contributed by atoms with Gasteiger partial charge in [-0.1, -0.05) is 107 Å². The molecule has 2 atom stereocenters. The maximum absolute atomic E-state index is 13.6. The molecule has 2 aromatic rings. The highest BCUT2D eigenvalue weighted by Crippen LogP contribution is 2.50. The number of ether oxygens (including phenoxy) is 2. The van der Waals surface area contributed by atoms with E-state index in [1.165, 1.54) is 0 Å². The average Bonchev–Trinajstić information content (AvgIpc) is 2.97. The van der Waals surface area contributed by atoms with Gasteiger partial charge in [0.25, 0.3) is 0 Å². The van der Waals surface area contributed by atoms with Gasteiger partial charge in [0.05, 0.1) is 33.6 Å². The molecular weight excluding hydrogens is 511 g/mol. The smallest absolute Gasteiger partial charge is 0.331 e. The number of hydrogen-bond acceptors (Lipinski definition) is 7. The third-order valence-electron chi connectivity index (χ3n) is 6.84. The second-order valence-electron chi connectivity index (χ2n) is 10.3. The molecule has 39 heavy (non-hydrogen) atoms. The van der Waals surface area contributed by atoms with E-state index in [2.05, 4.69) is 13.8 Å². The van der Waals surface area contributed by atoms with Crippen LogP contribution in [0, 0.1) is 5.92 Å². The summed E-state index contributed by atoms with van der Waals surface area (Å²) in [4.78, 5) is 9.54. The lowest BCUT2D eigenvalue weighted by Crippen LogP contribution is -2.37. The van der Waals surface area contributed by atoms with Gasteiger partial charge in [-0.05, 0) is 29.9 Å². The molecule has 0 saturated heterocycles. The number of aliphatic imine (C=N–C) groups is 2. The van der Waals surface area contributed by atoms with Crippen molar-refractivity contribution in [2.45, 2.75) is 84.1 Å². The van der Waals surface area contributed by atoms with Crippen LogP contribution in [-0.2, 0) is 36.3 Å². The normalized spacial score (nSPS) is 17.6. The second kappa shape index (κ2) is 16.6. The lowest BCUT2D eigenvalue weighted by Gasteiger charge is -2.27. The maximum Gasteiger partial charge on any atom is 0.331 e. The summed E-state index contributed by atoms with van der Waals surface area (Å²) in [5.74, 6) is 1.71. The summed E-state index contributed by atoms with van der Waals surface area (Å²) in [5, 5.41) is 0. The molecule has 0 unspecified atom stereocenters. The SMILES string of the molecule is COC1=N[C@H](CCCCCCCCP(=O)(OCc2ccccc2)OCc2ccccc2)C(OC)=N[C@H]1C(C)C. The first-order valence-electron chi connectivity index (χ1n) is 14.1. The van der Waals surface area contributed by atoms with E-state index in [-0.39, 0.29) is 25.3 Å². The van der Waals surface area contributed by atoms with Crippen molar-refractivity contribution in [1.29, 1.82) is 0 Å². The van der Waals surface area contributed by atoms with E-state index >= 15 is 0 Å². The van der Waals surface area contributed by atoms with E-state index in [1.807, 2.05) is 60.7 Å². The zero-order chi connectivity index (χ0) is 27.9. The third-order valence-corrected chi connectivity index (χ3v) is 8.75. The van der Waals surface area contributed by atoms with Gasteiger partial charge >= 0.3 is 7.60 Å². The van der Waals surface area contributed by atoms with Crippen LogP contribution < -0.4 is 0 Å². The molecule has 3 rings (SSSR count). The predicted octanol–water partition coefficient (Wildman–Crippen LogP) is 7.84. The first kappa shape index (κ1) is 31.1. The summed E-state index contributed by atoms with van der Waals surface area (Å²) in [7, 11) is 0.117. The number of methoxy groups -OCH3 is 2. The van der Waals surface area contributed by atoms with E-state index in [0.29, 0.717) is 23.9 Å². The Kier molecular flexibility index (Phi) is 13.2. The fraction of sp³-hybridized carbons (Fsp3) is 0.548. The minimum absolute atomic E-state index is 0.0747. The molecule has 1 aliphatic rings. The first-order valence-corrected chi connectivity index (χ1v) is 15.9. The standard InChI is InChI=1S/C31H45N2O5P/c1-25(2)29-31(36-4)32-28(30(33-29)35-3)21-15-7-5-6-8-16-22-39(34,37-23-26-17-11-9-12-18-26)38-24-27-19-13-10-14-20-27/h9-14,17-20,25,28-29H,5-8,15-16,21-24H2,1-4H3/t28-,29+/m1/s1. The highest BCUT2D eigenvalue weighted by Gasteiger charge is 2.30. The van der Waals surface area contributed by atoms with Crippen LogP contribution >= 0.6 is 7.60 Å². The number of nitrogens with zero attached hydrogens (tertiary/aromatic N) is 2. The van der Waals surface area contributed by atoms with Crippen molar-refractivity contribution >= 4 is 19.4 Å². The topological polar surface area (TPSA) is 78.7 Å². The molecule has 0 fully saturated rings. The second-order valence-corrected chi connectivity index (χ2v) is 12.5. The number of hydrogen-bond donors (Lipinski definition) is 0. The van der Waals surface area contributed by atoms with Crippen LogP contribution in [-0.4, -0.2) is 44.3 Å². The highest BCUT2D eigenvalue weighted by molar-refractivity contribution is 7.53. The Bertz CT molecular complexity index is 1030. The molecule has 2 aromatic carbocycles. The highest BCUT2D eigenvalue weighted by atomic mass is 31.2. The molecule has 0 aliphatic carbocycles. The zero-order valence-electron chi connectivity index (χ0n) is 24.0. The van der Waals surface area contributed by atoms with Crippen LogP contribution in [0.15, 0.2) is 70.6 Å². The van der Waals surface area contributed by atoms with Gasteiger partial charge < -0.3 is 18.5 Å². The molecule has 7 nitrogen and oxygen atoms in total. The number of rotatable bonds is 16. The molecule has 0 amide bonds. The lowest BCUT2D eigenvalue weighted by atomic mass is 10.0. The molecule has 0 saturated carbocycles. The quantitative estimate of drug-likeness (QED) is 0.155. The Morgan fingerprint density at radius 2 is 1.23 bits per heavy atom. The fourth-order valence-electron chi connectivity index (χ4n) is 4.56. The van der Waals surface area contributed by atoms with Crippen LogP contribution in [0.5, 0.6) is 0 Å². The lowest BCUT2D eigenvalue weighted by molar-refractivity contribution is 0.190. The molecule has 0 N–H and O–H groups in total. The van der Waals surface area contributed by atoms with E-state index < -0.39 is 7.60 Å². The molecule has 0 radical (unpaired) electrons. The molecule has 0 aromatic heterocycles. The van der Waals surface area contributed by atoms with E-state index in [9.17, 15) is 4.57 Å². The Morgan fingerprint density at radius 1 is 0.718 bits per heavy atom. The molecule has 0 spiro atoms. The van der Waals surface area contributed by atoms with Crippen molar-refractivity contribution in [3.63, 3.8) is 0 Å². The third kappa shape index (κ3) is 10.6. The Morgan fingerprint density at radius 3 is 1.74 bits per heavy atom. The summed E-state index contributed by atoms with van der Waals surface area (Å²) < 4.78 is 36.4. The van der Waals surface area contributed by atoms with Crippen LogP contribution in [0.2, 0.25) is 0 Å². The van der Waals surface area contributed by atoms with Gasteiger partial charge in [0.1, 0.15) is 12.1 Å². The first-order chi connectivity index (χ1) is 18.9. The summed E-state index contributed by atoms with van der Waals surface area (Å²) >= 11 is 0. The molecule has 1 heterocycles. The molecule has 8 heteroatoms.